The Morgan fingerprint density at radius 2 is 2.40 bits per heavy atom. The largest absolute Gasteiger partial charge is 0.467 e. The standard InChI is InChI=1S/C16H25NO3/c1-16(2)7-3-5-12(10-16)9-15(19)17-11-13(18)14-6-4-8-20-14/h4,6,8,12-13,18H,3,5,7,9-11H2,1-2H3,(H,17,19). The van der Waals surface area contributed by atoms with Crippen LogP contribution < -0.4 is 5.32 Å². The van der Waals surface area contributed by atoms with E-state index in [1.54, 1.807) is 12.1 Å². The summed E-state index contributed by atoms with van der Waals surface area (Å²) >= 11 is 0. The summed E-state index contributed by atoms with van der Waals surface area (Å²) in [5, 5.41) is 12.6. The summed E-state index contributed by atoms with van der Waals surface area (Å²) in [5.41, 5.74) is 0.358. The summed E-state index contributed by atoms with van der Waals surface area (Å²) in [4.78, 5) is 11.9. The van der Waals surface area contributed by atoms with Crippen LogP contribution in [0, 0.1) is 11.3 Å². The van der Waals surface area contributed by atoms with Crippen LogP contribution in [0.3, 0.4) is 0 Å². The number of furan rings is 1. The van der Waals surface area contributed by atoms with E-state index in [9.17, 15) is 9.90 Å². The first-order valence-electron chi connectivity index (χ1n) is 7.44. The first-order chi connectivity index (χ1) is 9.46. The molecule has 0 aromatic carbocycles. The molecule has 0 radical (unpaired) electrons. The molecule has 1 saturated carbocycles. The highest BCUT2D eigenvalue weighted by atomic mass is 16.4. The van der Waals surface area contributed by atoms with Crippen molar-refractivity contribution < 1.29 is 14.3 Å². The topological polar surface area (TPSA) is 62.5 Å². The van der Waals surface area contributed by atoms with Gasteiger partial charge >= 0.3 is 0 Å². The molecule has 0 bridgehead atoms. The van der Waals surface area contributed by atoms with Gasteiger partial charge < -0.3 is 14.8 Å². The monoisotopic (exact) mass is 279 g/mol. The lowest BCUT2D eigenvalue weighted by atomic mass is 9.71. The Hall–Kier alpha value is -1.29. The number of carbonyl (C=O) groups excluding carboxylic acids is 1. The average Bonchev–Trinajstić information content (AvgIpc) is 2.88. The normalized spacial score (nSPS) is 23.2. The molecule has 20 heavy (non-hydrogen) atoms. The van der Waals surface area contributed by atoms with Crippen molar-refractivity contribution in [2.24, 2.45) is 11.3 Å². The number of hydrogen-bond donors (Lipinski definition) is 2. The third kappa shape index (κ3) is 4.37. The molecule has 4 nitrogen and oxygen atoms in total. The van der Waals surface area contributed by atoms with Gasteiger partial charge in [0.25, 0.3) is 0 Å². The van der Waals surface area contributed by atoms with Gasteiger partial charge in [0.2, 0.25) is 5.91 Å². The lowest BCUT2D eigenvalue weighted by molar-refractivity contribution is -0.123. The van der Waals surface area contributed by atoms with Gasteiger partial charge in [0.05, 0.1) is 12.8 Å². The molecule has 0 saturated heterocycles. The van der Waals surface area contributed by atoms with Gasteiger partial charge in [0.15, 0.2) is 0 Å². The predicted octanol–water partition coefficient (Wildman–Crippen LogP) is 3.04. The summed E-state index contributed by atoms with van der Waals surface area (Å²) in [6.45, 7) is 4.76. The van der Waals surface area contributed by atoms with Crippen LogP contribution in [0.1, 0.15) is 57.8 Å². The van der Waals surface area contributed by atoms with Gasteiger partial charge in [-0.15, -0.1) is 0 Å². The first kappa shape index (κ1) is 15.1. The lowest BCUT2D eigenvalue weighted by Crippen LogP contribution is -2.32. The number of aliphatic hydroxyl groups excluding tert-OH is 1. The number of carbonyl (C=O) groups is 1. The van der Waals surface area contributed by atoms with Crippen molar-refractivity contribution in [1.82, 2.24) is 5.32 Å². The fourth-order valence-electron chi connectivity index (χ4n) is 3.16. The molecule has 0 spiro atoms. The highest BCUT2D eigenvalue weighted by Crippen LogP contribution is 2.39. The molecule has 0 aliphatic heterocycles. The summed E-state index contributed by atoms with van der Waals surface area (Å²) in [7, 11) is 0. The third-order valence-corrected chi connectivity index (χ3v) is 4.15. The fourth-order valence-corrected chi connectivity index (χ4v) is 3.16. The van der Waals surface area contributed by atoms with Crippen LogP contribution in [0.4, 0.5) is 0 Å². The Morgan fingerprint density at radius 3 is 3.05 bits per heavy atom. The number of hydrogen-bond acceptors (Lipinski definition) is 3. The van der Waals surface area contributed by atoms with Gasteiger partial charge in [-0.1, -0.05) is 20.3 Å². The molecule has 1 aliphatic rings. The van der Waals surface area contributed by atoms with Gasteiger partial charge in [-0.2, -0.15) is 0 Å². The maximum atomic E-state index is 11.9. The van der Waals surface area contributed by atoms with Crippen molar-refractivity contribution in [1.29, 1.82) is 0 Å². The minimum Gasteiger partial charge on any atom is -0.467 e. The highest BCUT2D eigenvalue weighted by Gasteiger charge is 2.29. The second-order valence-electron chi connectivity index (χ2n) is 6.67. The van der Waals surface area contributed by atoms with E-state index in [1.807, 2.05) is 0 Å². The minimum absolute atomic E-state index is 0.0262. The number of rotatable bonds is 5. The number of amides is 1. The maximum absolute atomic E-state index is 11.9. The zero-order valence-electron chi connectivity index (χ0n) is 12.4. The van der Waals surface area contributed by atoms with Crippen molar-refractivity contribution in [2.45, 2.75) is 52.1 Å². The zero-order chi connectivity index (χ0) is 14.6. The SMILES string of the molecule is CC1(C)CCCC(CC(=O)NCC(O)c2ccco2)C1. The molecule has 1 amide bonds. The molecule has 2 atom stereocenters. The van der Waals surface area contributed by atoms with Crippen molar-refractivity contribution in [3.63, 3.8) is 0 Å². The molecule has 2 rings (SSSR count). The van der Waals surface area contributed by atoms with E-state index in [-0.39, 0.29) is 12.5 Å². The highest BCUT2D eigenvalue weighted by molar-refractivity contribution is 5.76. The minimum atomic E-state index is -0.767. The average molecular weight is 279 g/mol. The Bertz CT molecular complexity index is 425. The molecule has 4 heteroatoms. The molecular weight excluding hydrogens is 254 g/mol. The van der Waals surface area contributed by atoms with Gasteiger partial charge in [-0.3, -0.25) is 4.79 Å². The fraction of sp³-hybridized carbons (Fsp3) is 0.688. The second-order valence-corrected chi connectivity index (χ2v) is 6.67. The van der Waals surface area contributed by atoms with E-state index in [4.69, 9.17) is 4.42 Å². The van der Waals surface area contributed by atoms with Crippen molar-refractivity contribution in [3.8, 4) is 0 Å². The smallest absolute Gasteiger partial charge is 0.220 e. The molecule has 1 fully saturated rings. The van der Waals surface area contributed by atoms with Crippen LogP contribution in [0.25, 0.3) is 0 Å². The quantitative estimate of drug-likeness (QED) is 0.871. The van der Waals surface area contributed by atoms with E-state index >= 15 is 0 Å². The summed E-state index contributed by atoms with van der Waals surface area (Å²) < 4.78 is 5.10. The van der Waals surface area contributed by atoms with Gasteiger partial charge in [-0.05, 0) is 42.7 Å². The third-order valence-electron chi connectivity index (χ3n) is 4.15. The van der Waals surface area contributed by atoms with Crippen LogP contribution in [-0.4, -0.2) is 17.6 Å². The van der Waals surface area contributed by atoms with Gasteiger partial charge in [0.1, 0.15) is 11.9 Å². The van der Waals surface area contributed by atoms with Crippen LogP contribution >= 0.6 is 0 Å². The number of nitrogens with one attached hydrogen (secondary N) is 1. The van der Waals surface area contributed by atoms with E-state index in [2.05, 4.69) is 19.2 Å². The van der Waals surface area contributed by atoms with E-state index in [0.717, 1.165) is 12.8 Å². The molecule has 2 unspecified atom stereocenters. The molecule has 1 aliphatic carbocycles. The lowest BCUT2D eigenvalue weighted by Gasteiger charge is -2.35. The van der Waals surface area contributed by atoms with Gasteiger partial charge in [-0.25, -0.2) is 0 Å². The second kappa shape index (κ2) is 6.44. The van der Waals surface area contributed by atoms with Crippen molar-refractivity contribution >= 4 is 5.91 Å². The van der Waals surface area contributed by atoms with E-state index in [0.29, 0.717) is 23.5 Å². The molecule has 1 heterocycles. The Labute approximate surface area is 120 Å². The summed E-state index contributed by atoms with van der Waals surface area (Å²) in [5.74, 6) is 0.988. The Morgan fingerprint density at radius 1 is 1.60 bits per heavy atom. The summed E-state index contributed by atoms with van der Waals surface area (Å²) in [6, 6.07) is 3.44. The molecule has 2 N–H and O–H groups in total. The maximum Gasteiger partial charge on any atom is 0.220 e. The molecule has 1 aromatic heterocycles. The molecule has 1 aromatic rings. The van der Waals surface area contributed by atoms with E-state index in [1.165, 1.54) is 19.1 Å². The first-order valence-corrected chi connectivity index (χ1v) is 7.44. The van der Waals surface area contributed by atoms with Gasteiger partial charge in [0, 0.05) is 6.42 Å². The van der Waals surface area contributed by atoms with E-state index < -0.39 is 6.10 Å². The molecular formula is C16H25NO3. The summed E-state index contributed by atoms with van der Waals surface area (Å²) in [6.07, 6.45) is 6.02. The van der Waals surface area contributed by atoms with Crippen LogP contribution in [0.5, 0.6) is 0 Å². The Kier molecular flexibility index (Phi) is 4.86. The van der Waals surface area contributed by atoms with Crippen LogP contribution in [0.2, 0.25) is 0 Å². The Balaban J connectivity index is 1.73. The zero-order valence-corrected chi connectivity index (χ0v) is 12.4. The van der Waals surface area contributed by atoms with Crippen LogP contribution in [0.15, 0.2) is 22.8 Å². The molecule has 112 valence electrons. The van der Waals surface area contributed by atoms with Crippen molar-refractivity contribution in [2.75, 3.05) is 6.54 Å². The number of aliphatic hydroxyl groups is 1. The van der Waals surface area contributed by atoms with Crippen LogP contribution in [-0.2, 0) is 4.79 Å². The predicted molar refractivity (Wildman–Crippen MR) is 77.0 cm³/mol. The van der Waals surface area contributed by atoms with Crippen molar-refractivity contribution in [3.05, 3.63) is 24.2 Å².